The molecule has 126 valence electrons. The van der Waals surface area contributed by atoms with Gasteiger partial charge in [0.05, 0.1) is 19.8 Å². The molecule has 1 aliphatic rings. The minimum atomic E-state index is -0.191. The lowest BCUT2D eigenvalue weighted by molar-refractivity contribution is -0.135. The lowest BCUT2D eigenvalue weighted by atomic mass is 10.2. The molecule has 1 aliphatic heterocycles. The lowest BCUT2D eigenvalue weighted by Gasteiger charge is -2.23. The highest BCUT2D eigenvalue weighted by atomic mass is 16.5. The molecule has 0 spiro atoms. The van der Waals surface area contributed by atoms with Crippen LogP contribution in [0.4, 0.5) is 0 Å². The van der Waals surface area contributed by atoms with Crippen LogP contribution in [-0.2, 0) is 20.9 Å². The van der Waals surface area contributed by atoms with Gasteiger partial charge in [0.25, 0.3) is 0 Å². The zero-order valence-corrected chi connectivity index (χ0v) is 13.7. The fourth-order valence-corrected chi connectivity index (χ4v) is 2.61. The summed E-state index contributed by atoms with van der Waals surface area (Å²) in [6.07, 6.45) is 1.99. The maximum absolute atomic E-state index is 12.1. The van der Waals surface area contributed by atoms with Crippen molar-refractivity contribution in [3.63, 3.8) is 0 Å². The van der Waals surface area contributed by atoms with Gasteiger partial charge in [-0.1, -0.05) is 18.2 Å². The summed E-state index contributed by atoms with van der Waals surface area (Å²) in [6, 6.07) is 7.52. The van der Waals surface area contributed by atoms with E-state index in [1.54, 1.807) is 7.11 Å². The first-order valence-corrected chi connectivity index (χ1v) is 7.86. The van der Waals surface area contributed by atoms with E-state index in [9.17, 15) is 9.59 Å². The van der Waals surface area contributed by atoms with Crippen LogP contribution >= 0.6 is 0 Å². The van der Waals surface area contributed by atoms with Crippen molar-refractivity contribution in [3.8, 4) is 5.75 Å². The quantitative estimate of drug-likeness (QED) is 0.823. The third-order valence-corrected chi connectivity index (χ3v) is 3.90. The molecule has 1 aromatic rings. The predicted molar refractivity (Wildman–Crippen MR) is 86.1 cm³/mol. The second-order valence-corrected chi connectivity index (χ2v) is 5.62. The molecule has 6 nitrogen and oxygen atoms in total. The van der Waals surface area contributed by atoms with Crippen molar-refractivity contribution in [1.82, 2.24) is 10.2 Å². The molecule has 0 aromatic heterocycles. The van der Waals surface area contributed by atoms with E-state index in [0.717, 1.165) is 30.8 Å². The minimum Gasteiger partial charge on any atom is -0.496 e. The molecular formula is C17H24N2O4. The normalized spacial score (nSPS) is 16.9. The van der Waals surface area contributed by atoms with E-state index in [1.807, 2.05) is 24.3 Å². The largest absolute Gasteiger partial charge is 0.496 e. The number of para-hydroxylation sites is 1. The first kappa shape index (κ1) is 17.3. The van der Waals surface area contributed by atoms with Crippen LogP contribution in [-0.4, -0.2) is 49.6 Å². The number of carbonyl (C=O) groups is 2. The number of hydrogen-bond donors (Lipinski definition) is 1. The Balaban J connectivity index is 1.85. The number of carbonyl (C=O) groups excluding carboxylic acids is 2. The Labute approximate surface area is 136 Å². The van der Waals surface area contributed by atoms with Crippen LogP contribution in [0.5, 0.6) is 5.75 Å². The summed E-state index contributed by atoms with van der Waals surface area (Å²) in [7, 11) is 1.60. The first-order valence-electron chi connectivity index (χ1n) is 7.86. The topological polar surface area (TPSA) is 67.9 Å². The van der Waals surface area contributed by atoms with Gasteiger partial charge in [-0.3, -0.25) is 9.59 Å². The van der Waals surface area contributed by atoms with Crippen LogP contribution in [0, 0.1) is 0 Å². The summed E-state index contributed by atoms with van der Waals surface area (Å²) >= 11 is 0. The van der Waals surface area contributed by atoms with Crippen molar-refractivity contribution >= 4 is 11.8 Å². The highest BCUT2D eigenvalue weighted by molar-refractivity contribution is 5.83. The summed E-state index contributed by atoms with van der Waals surface area (Å²) in [4.78, 5) is 25.4. The monoisotopic (exact) mass is 320 g/mol. The van der Waals surface area contributed by atoms with Crippen LogP contribution in [0.1, 0.15) is 25.3 Å². The van der Waals surface area contributed by atoms with Crippen molar-refractivity contribution in [2.45, 2.75) is 32.4 Å². The number of nitrogens with zero attached hydrogens (tertiary/aromatic N) is 1. The smallest absolute Gasteiger partial charge is 0.239 e. The average molecular weight is 320 g/mol. The fraction of sp³-hybridized carbons (Fsp3) is 0.529. The number of rotatable bonds is 7. The number of nitrogens with one attached hydrogen (secondary N) is 1. The standard InChI is InChI=1S/C17H24N2O4/c1-13(20)19(11-15-7-5-9-23-15)12-17(21)18-10-14-6-3-4-8-16(14)22-2/h3-4,6,8,15H,5,7,9-12H2,1-2H3,(H,18,21). The minimum absolute atomic E-state index is 0.0425. The molecule has 0 bridgehead atoms. The van der Waals surface area contributed by atoms with E-state index in [1.165, 1.54) is 11.8 Å². The second kappa shape index (κ2) is 8.53. The van der Waals surface area contributed by atoms with Gasteiger partial charge in [0.1, 0.15) is 5.75 Å². The van der Waals surface area contributed by atoms with Gasteiger partial charge in [0.15, 0.2) is 0 Å². The number of methoxy groups -OCH3 is 1. The number of hydrogen-bond acceptors (Lipinski definition) is 4. The Morgan fingerprint density at radius 1 is 1.39 bits per heavy atom. The third kappa shape index (κ3) is 5.25. The summed E-state index contributed by atoms with van der Waals surface area (Å²) in [5, 5.41) is 2.83. The molecule has 1 N–H and O–H groups in total. The number of ether oxygens (including phenoxy) is 2. The highest BCUT2D eigenvalue weighted by Crippen LogP contribution is 2.17. The average Bonchev–Trinajstić information content (AvgIpc) is 3.05. The van der Waals surface area contributed by atoms with Crippen LogP contribution in [0.2, 0.25) is 0 Å². The Kier molecular flexibility index (Phi) is 6.40. The van der Waals surface area contributed by atoms with Crippen LogP contribution in [0.15, 0.2) is 24.3 Å². The molecule has 0 aliphatic carbocycles. The second-order valence-electron chi connectivity index (χ2n) is 5.62. The van der Waals surface area contributed by atoms with Crippen molar-refractivity contribution in [2.24, 2.45) is 0 Å². The maximum atomic E-state index is 12.1. The Bertz CT molecular complexity index is 541. The molecule has 2 amide bonds. The Morgan fingerprint density at radius 2 is 2.17 bits per heavy atom. The van der Waals surface area contributed by atoms with Crippen LogP contribution < -0.4 is 10.1 Å². The molecule has 0 radical (unpaired) electrons. The molecular weight excluding hydrogens is 296 g/mol. The predicted octanol–water partition coefficient (Wildman–Crippen LogP) is 1.34. The lowest BCUT2D eigenvalue weighted by Crippen LogP contribution is -2.43. The van der Waals surface area contributed by atoms with Gasteiger partial charge >= 0.3 is 0 Å². The van der Waals surface area contributed by atoms with E-state index < -0.39 is 0 Å². The van der Waals surface area contributed by atoms with Gasteiger partial charge in [-0.05, 0) is 18.9 Å². The van der Waals surface area contributed by atoms with Gasteiger partial charge < -0.3 is 19.7 Å². The molecule has 1 heterocycles. The van der Waals surface area contributed by atoms with Crippen LogP contribution in [0.25, 0.3) is 0 Å². The summed E-state index contributed by atoms with van der Waals surface area (Å²) < 4.78 is 10.8. The molecule has 1 saturated heterocycles. The molecule has 23 heavy (non-hydrogen) atoms. The van der Waals surface area contributed by atoms with E-state index in [4.69, 9.17) is 9.47 Å². The molecule has 1 unspecified atom stereocenters. The maximum Gasteiger partial charge on any atom is 0.239 e. The van der Waals surface area contributed by atoms with Crippen molar-refractivity contribution in [2.75, 3.05) is 26.8 Å². The van der Waals surface area contributed by atoms with E-state index in [-0.39, 0.29) is 24.5 Å². The third-order valence-electron chi connectivity index (χ3n) is 3.90. The van der Waals surface area contributed by atoms with Crippen LogP contribution in [0.3, 0.4) is 0 Å². The van der Waals surface area contributed by atoms with Gasteiger partial charge in [0, 0.05) is 32.2 Å². The molecule has 0 saturated carbocycles. The van der Waals surface area contributed by atoms with Crippen molar-refractivity contribution in [3.05, 3.63) is 29.8 Å². The van der Waals surface area contributed by atoms with Gasteiger partial charge in [-0.2, -0.15) is 0 Å². The molecule has 6 heteroatoms. The number of amides is 2. The molecule has 1 atom stereocenters. The Morgan fingerprint density at radius 3 is 2.83 bits per heavy atom. The first-order chi connectivity index (χ1) is 11.1. The molecule has 2 rings (SSSR count). The van der Waals surface area contributed by atoms with Crippen molar-refractivity contribution in [1.29, 1.82) is 0 Å². The summed E-state index contributed by atoms with van der Waals surface area (Å²) in [6.45, 7) is 3.09. The molecule has 1 aromatic carbocycles. The zero-order valence-electron chi connectivity index (χ0n) is 13.7. The van der Waals surface area contributed by atoms with E-state index >= 15 is 0 Å². The van der Waals surface area contributed by atoms with Gasteiger partial charge in [0.2, 0.25) is 11.8 Å². The SMILES string of the molecule is COc1ccccc1CNC(=O)CN(CC1CCCO1)C(C)=O. The summed E-state index contributed by atoms with van der Waals surface area (Å²) in [5.41, 5.74) is 0.900. The Hall–Kier alpha value is -2.08. The zero-order chi connectivity index (χ0) is 16.7. The van der Waals surface area contributed by atoms with E-state index in [0.29, 0.717) is 13.1 Å². The molecule has 1 fully saturated rings. The fourth-order valence-electron chi connectivity index (χ4n) is 2.61. The van der Waals surface area contributed by atoms with E-state index in [2.05, 4.69) is 5.32 Å². The highest BCUT2D eigenvalue weighted by Gasteiger charge is 2.22. The van der Waals surface area contributed by atoms with Gasteiger partial charge in [-0.15, -0.1) is 0 Å². The van der Waals surface area contributed by atoms with Crippen molar-refractivity contribution < 1.29 is 19.1 Å². The van der Waals surface area contributed by atoms with Gasteiger partial charge in [-0.25, -0.2) is 0 Å². The number of benzene rings is 1. The summed E-state index contributed by atoms with van der Waals surface area (Å²) in [5.74, 6) is 0.424.